The molecule has 5 rings (SSSR count). The van der Waals surface area contributed by atoms with Crippen molar-refractivity contribution in [2.45, 2.75) is 6.04 Å². The highest BCUT2D eigenvalue weighted by Gasteiger charge is 2.23. The number of fused-ring (bicyclic) bond motifs is 2. The molecular formula is C22H17N7O2. The van der Waals surface area contributed by atoms with Gasteiger partial charge in [-0.2, -0.15) is 5.10 Å². The fourth-order valence-electron chi connectivity index (χ4n) is 3.52. The normalized spacial score (nSPS) is 12.1. The van der Waals surface area contributed by atoms with Crippen molar-refractivity contribution in [2.24, 2.45) is 5.73 Å². The zero-order valence-corrected chi connectivity index (χ0v) is 16.2. The summed E-state index contributed by atoms with van der Waals surface area (Å²) in [4.78, 5) is 36.1. The van der Waals surface area contributed by atoms with E-state index in [1.165, 1.54) is 0 Å². The van der Waals surface area contributed by atoms with Crippen molar-refractivity contribution in [1.82, 2.24) is 30.5 Å². The molecule has 9 heteroatoms. The van der Waals surface area contributed by atoms with Crippen molar-refractivity contribution in [3.05, 3.63) is 78.4 Å². The molecule has 2 amide bonds. The van der Waals surface area contributed by atoms with E-state index in [1.54, 1.807) is 36.7 Å². The van der Waals surface area contributed by atoms with Crippen LogP contribution < -0.4 is 11.1 Å². The van der Waals surface area contributed by atoms with Crippen LogP contribution in [-0.2, 0) is 4.79 Å². The number of amides is 2. The van der Waals surface area contributed by atoms with Crippen LogP contribution in [0.5, 0.6) is 0 Å². The summed E-state index contributed by atoms with van der Waals surface area (Å²) in [5.41, 5.74) is 9.85. The molecule has 9 nitrogen and oxygen atoms in total. The number of primary amides is 1. The van der Waals surface area contributed by atoms with Crippen LogP contribution in [0.25, 0.3) is 33.2 Å². The number of rotatable bonds is 5. The molecule has 0 aliphatic carbocycles. The molecule has 5 aromatic rings. The molecule has 0 bridgehead atoms. The van der Waals surface area contributed by atoms with E-state index in [-0.39, 0.29) is 5.82 Å². The predicted octanol–water partition coefficient (Wildman–Crippen LogP) is 2.46. The Morgan fingerprint density at radius 2 is 1.77 bits per heavy atom. The molecule has 0 aliphatic rings. The highest BCUT2D eigenvalue weighted by Crippen LogP contribution is 2.29. The largest absolute Gasteiger partial charge is 0.368 e. The Balaban J connectivity index is 1.49. The molecule has 31 heavy (non-hydrogen) atoms. The Morgan fingerprint density at radius 1 is 1.00 bits per heavy atom. The Labute approximate surface area is 175 Å². The van der Waals surface area contributed by atoms with E-state index in [0.717, 1.165) is 22.2 Å². The number of carbonyl (C=O) groups excluding carboxylic acids is 2. The molecule has 3 aromatic heterocycles. The van der Waals surface area contributed by atoms with Gasteiger partial charge in [0, 0.05) is 23.3 Å². The maximum atomic E-state index is 12.8. The van der Waals surface area contributed by atoms with Crippen molar-refractivity contribution in [3.8, 4) is 11.3 Å². The molecule has 0 radical (unpaired) electrons. The standard InChI is InChI=1S/C22H17N7O2/c23-20(30)19(12-4-2-1-3-5-12)27-22(31)21-25-16-10-14-15(11-17(16)26-21)28-29-18(14)13-6-8-24-9-7-13/h1-11,19H,(H2,23,30)(H,25,26)(H,27,31)(H,28,29). The average Bonchev–Trinajstić information content (AvgIpc) is 3.40. The summed E-state index contributed by atoms with van der Waals surface area (Å²) in [6.45, 7) is 0. The summed E-state index contributed by atoms with van der Waals surface area (Å²) in [7, 11) is 0. The number of hydrogen-bond acceptors (Lipinski definition) is 5. The minimum absolute atomic E-state index is 0.0863. The molecule has 2 aromatic carbocycles. The van der Waals surface area contributed by atoms with Crippen molar-refractivity contribution in [3.63, 3.8) is 0 Å². The first-order valence-corrected chi connectivity index (χ1v) is 9.53. The van der Waals surface area contributed by atoms with E-state index in [9.17, 15) is 9.59 Å². The monoisotopic (exact) mass is 411 g/mol. The van der Waals surface area contributed by atoms with Crippen LogP contribution in [0, 0.1) is 0 Å². The maximum Gasteiger partial charge on any atom is 0.288 e. The fourth-order valence-corrected chi connectivity index (χ4v) is 3.52. The lowest BCUT2D eigenvalue weighted by Crippen LogP contribution is -2.37. The van der Waals surface area contributed by atoms with Gasteiger partial charge in [-0.3, -0.25) is 19.7 Å². The van der Waals surface area contributed by atoms with Crippen molar-refractivity contribution in [2.75, 3.05) is 0 Å². The Bertz CT molecular complexity index is 1410. The molecule has 152 valence electrons. The summed E-state index contributed by atoms with van der Waals surface area (Å²) in [6.07, 6.45) is 3.40. The van der Waals surface area contributed by atoms with E-state index < -0.39 is 17.9 Å². The average molecular weight is 411 g/mol. The highest BCUT2D eigenvalue weighted by atomic mass is 16.2. The Kier molecular flexibility index (Phi) is 4.40. The number of aromatic nitrogens is 5. The zero-order chi connectivity index (χ0) is 21.4. The number of hydrogen-bond donors (Lipinski definition) is 4. The smallest absolute Gasteiger partial charge is 0.288 e. The van der Waals surface area contributed by atoms with Crippen LogP contribution in [0.3, 0.4) is 0 Å². The van der Waals surface area contributed by atoms with Crippen molar-refractivity contribution >= 4 is 33.8 Å². The van der Waals surface area contributed by atoms with Crippen LogP contribution in [0.1, 0.15) is 22.2 Å². The first-order valence-electron chi connectivity index (χ1n) is 9.53. The van der Waals surface area contributed by atoms with Gasteiger partial charge in [-0.25, -0.2) is 4.98 Å². The minimum atomic E-state index is -0.959. The Morgan fingerprint density at radius 3 is 2.52 bits per heavy atom. The van der Waals surface area contributed by atoms with Crippen molar-refractivity contribution < 1.29 is 9.59 Å². The lowest BCUT2D eigenvalue weighted by Gasteiger charge is -2.14. The number of imidazole rings is 1. The van der Waals surface area contributed by atoms with E-state index in [4.69, 9.17) is 5.73 Å². The van der Waals surface area contributed by atoms with Gasteiger partial charge < -0.3 is 16.0 Å². The van der Waals surface area contributed by atoms with E-state index in [2.05, 4.69) is 30.5 Å². The molecule has 0 saturated heterocycles. The first-order chi connectivity index (χ1) is 15.1. The molecule has 0 saturated carbocycles. The van der Waals surface area contributed by atoms with E-state index in [0.29, 0.717) is 16.6 Å². The lowest BCUT2D eigenvalue weighted by atomic mass is 10.1. The second-order valence-electron chi connectivity index (χ2n) is 7.03. The van der Waals surface area contributed by atoms with Crippen molar-refractivity contribution in [1.29, 1.82) is 0 Å². The molecule has 0 aliphatic heterocycles. The lowest BCUT2D eigenvalue weighted by molar-refractivity contribution is -0.120. The van der Waals surface area contributed by atoms with Gasteiger partial charge in [-0.1, -0.05) is 30.3 Å². The van der Waals surface area contributed by atoms with Gasteiger partial charge in [0.25, 0.3) is 5.91 Å². The summed E-state index contributed by atoms with van der Waals surface area (Å²) in [5.74, 6) is -1.10. The number of nitrogens with zero attached hydrogens (tertiary/aromatic N) is 3. The van der Waals surface area contributed by atoms with E-state index >= 15 is 0 Å². The first kappa shape index (κ1) is 18.5. The van der Waals surface area contributed by atoms with Gasteiger partial charge >= 0.3 is 0 Å². The number of nitrogens with two attached hydrogens (primary N) is 1. The zero-order valence-electron chi connectivity index (χ0n) is 16.2. The highest BCUT2D eigenvalue weighted by molar-refractivity contribution is 6.03. The van der Waals surface area contributed by atoms with Gasteiger partial charge in [0.05, 0.1) is 16.6 Å². The number of carbonyl (C=O) groups is 2. The molecular weight excluding hydrogens is 394 g/mol. The third-order valence-corrected chi connectivity index (χ3v) is 5.03. The van der Waals surface area contributed by atoms with Crippen LogP contribution in [0.15, 0.2) is 67.0 Å². The van der Waals surface area contributed by atoms with Gasteiger partial charge in [-0.15, -0.1) is 0 Å². The SMILES string of the molecule is NC(=O)C(NC(=O)c1nc2cc3c(-c4ccncc4)n[nH]c3cc2[nH]1)c1ccccc1. The number of H-pyrrole nitrogens is 2. The number of benzene rings is 2. The number of pyridine rings is 1. The van der Waals surface area contributed by atoms with Gasteiger partial charge in [0.15, 0.2) is 5.82 Å². The third kappa shape index (κ3) is 3.38. The molecule has 1 unspecified atom stereocenters. The molecule has 1 atom stereocenters. The summed E-state index contributed by atoms with van der Waals surface area (Å²) in [5, 5.41) is 10.9. The third-order valence-electron chi connectivity index (χ3n) is 5.03. The number of nitrogens with one attached hydrogen (secondary N) is 3. The van der Waals surface area contributed by atoms with Gasteiger partial charge in [0.2, 0.25) is 5.91 Å². The summed E-state index contributed by atoms with van der Waals surface area (Å²) >= 11 is 0. The second-order valence-corrected chi connectivity index (χ2v) is 7.03. The summed E-state index contributed by atoms with van der Waals surface area (Å²) < 4.78 is 0. The van der Waals surface area contributed by atoms with Gasteiger partial charge in [0.1, 0.15) is 11.7 Å². The maximum absolute atomic E-state index is 12.8. The molecule has 0 fully saturated rings. The quantitative estimate of drug-likeness (QED) is 0.351. The second kappa shape index (κ2) is 7.38. The van der Waals surface area contributed by atoms with Crippen LogP contribution in [-0.4, -0.2) is 37.0 Å². The van der Waals surface area contributed by atoms with Gasteiger partial charge in [-0.05, 0) is 29.8 Å². The molecule has 5 N–H and O–H groups in total. The minimum Gasteiger partial charge on any atom is -0.368 e. The van der Waals surface area contributed by atoms with Crippen LogP contribution >= 0.6 is 0 Å². The fraction of sp³-hybridized carbons (Fsp3) is 0.0455. The van der Waals surface area contributed by atoms with Crippen LogP contribution in [0.2, 0.25) is 0 Å². The van der Waals surface area contributed by atoms with Crippen LogP contribution in [0.4, 0.5) is 0 Å². The van der Waals surface area contributed by atoms with E-state index in [1.807, 2.05) is 30.3 Å². The topological polar surface area (TPSA) is 142 Å². The molecule has 0 spiro atoms. The number of aromatic amines is 2. The predicted molar refractivity (Wildman–Crippen MR) is 115 cm³/mol. The molecule has 3 heterocycles. The summed E-state index contributed by atoms with van der Waals surface area (Å²) in [6, 6.07) is 15.3. The Hall–Kier alpha value is -4.53.